The monoisotopic (exact) mass is 315 g/mol. The van der Waals surface area contributed by atoms with Crippen LogP contribution in [0.1, 0.15) is 24.2 Å². The molecule has 3 heterocycles. The van der Waals surface area contributed by atoms with Crippen molar-refractivity contribution in [2.75, 3.05) is 18.8 Å². The number of hydrogen-bond donors (Lipinski definition) is 1. The Kier molecular flexibility index (Phi) is 3.81. The van der Waals surface area contributed by atoms with Crippen molar-refractivity contribution in [2.24, 2.45) is 0 Å². The number of amides is 1. The van der Waals surface area contributed by atoms with Gasteiger partial charge >= 0.3 is 0 Å². The van der Waals surface area contributed by atoms with E-state index >= 15 is 0 Å². The molecule has 0 unspecified atom stereocenters. The maximum absolute atomic E-state index is 12.5. The van der Waals surface area contributed by atoms with Crippen molar-refractivity contribution >= 4 is 28.7 Å². The molecular formula is C15H17N5OS. The first kappa shape index (κ1) is 14.5. The van der Waals surface area contributed by atoms with Crippen molar-refractivity contribution in [1.82, 2.24) is 19.5 Å². The van der Waals surface area contributed by atoms with E-state index in [1.54, 1.807) is 32.9 Å². The van der Waals surface area contributed by atoms with E-state index in [1.165, 1.54) is 0 Å². The molecule has 0 fully saturated rings. The molecule has 0 atom stereocenters. The lowest BCUT2D eigenvalue weighted by molar-refractivity contribution is 0.0773. The zero-order valence-electron chi connectivity index (χ0n) is 12.5. The first-order chi connectivity index (χ1) is 10.6. The fraction of sp³-hybridized carbons (Fsp3) is 0.267. The van der Waals surface area contributed by atoms with E-state index in [1.807, 2.05) is 31.4 Å². The predicted octanol–water partition coefficient (Wildman–Crippen LogP) is 2.52. The number of pyridine rings is 1. The highest BCUT2D eigenvalue weighted by molar-refractivity contribution is 7.13. The number of anilines is 1. The van der Waals surface area contributed by atoms with Gasteiger partial charge in [0.1, 0.15) is 5.82 Å². The number of carbonyl (C=O) groups is 1. The minimum atomic E-state index is -0.0418. The Labute approximate surface area is 132 Å². The molecule has 0 saturated heterocycles. The standard InChI is InChI=1S/C15H17N5OS/c1-3-19(4-2)15(21)10-8-12(16)20-13(9-10)17-14(18-20)11-6-5-7-22-11/h5-9H,3-4,16H2,1-2H3. The molecule has 0 aromatic carbocycles. The molecule has 2 N–H and O–H groups in total. The quantitative estimate of drug-likeness (QED) is 0.802. The molecule has 3 aromatic rings. The third-order valence-corrected chi connectivity index (χ3v) is 4.37. The highest BCUT2D eigenvalue weighted by atomic mass is 32.1. The third kappa shape index (κ3) is 2.43. The van der Waals surface area contributed by atoms with Gasteiger partial charge in [0.15, 0.2) is 11.5 Å². The number of nitrogens with two attached hydrogens (primary N) is 1. The van der Waals surface area contributed by atoms with Gasteiger partial charge in [0.05, 0.1) is 4.88 Å². The fourth-order valence-corrected chi connectivity index (χ4v) is 2.99. The lowest BCUT2D eigenvalue weighted by Crippen LogP contribution is -2.30. The molecule has 3 aromatic heterocycles. The summed E-state index contributed by atoms with van der Waals surface area (Å²) in [6.07, 6.45) is 0. The van der Waals surface area contributed by atoms with Gasteiger partial charge in [0.2, 0.25) is 0 Å². The second-order valence-corrected chi connectivity index (χ2v) is 5.78. The molecular weight excluding hydrogens is 298 g/mol. The van der Waals surface area contributed by atoms with Crippen molar-refractivity contribution in [1.29, 1.82) is 0 Å². The van der Waals surface area contributed by atoms with Crippen molar-refractivity contribution in [3.05, 3.63) is 35.2 Å². The molecule has 0 spiro atoms. The van der Waals surface area contributed by atoms with Crippen LogP contribution in [0.25, 0.3) is 16.3 Å². The summed E-state index contributed by atoms with van der Waals surface area (Å²) in [6, 6.07) is 7.30. The summed E-state index contributed by atoms with van der Waals surface area (Å²) < 4.78 is 1.56. The van der Waals surface area contributed by atoms with E-state index in [0.29, 0.717) is 35.9 Å². The minimum Gasteiger partial charge on any atom is -0.384 e. The number of fused-ring (bicyclic) bond motifs is 1. The van der Waals surface area contributed by atoms with Gasteiger partial charge in [-0.25, -0.2) is 4.98 Å². The lowest BCUT2D eigenvalue weighted by atomic mass is 10.2. The van der Waals surface area contributed by atoms with Gasteiger partial charge in [0.25, 0.3) is 5.91 Å². The molecule has 0 saturated carbocycles. The van der Waals surface area contributed by atoms with Crippen LogP contribution in [0.15, 0.2) is 29.6 Å². The summed E-state index contributed by atoms with van der Waals surface area (Å²) in [5, 5.41) is 6.38. The average molecular weight is 315 g/mol. The average Bonchev–Trinajstić information content (AvgIpc) is 3.17. The minimum absolute atomic E-state index is 0.0418. The molecule has 7 heteroatoms. The molecule has 3 rings (SSSR count). The smallest absolute Gasteiger partial charge is 0.254 e. The highest BCUT2D eigenvalue weighted by Gasteiger charge is 2.16. The van der Waals surface area contributed by atoms with Crippen LogP contribution in [0.5, 0.6) is 0 Å². The van der Waals surface area contributed by atoms with Gasteiger partial charge in [0, 0.05) is 18.7 Å². The predicted molar refractivity (Wildman–Crippen MR) is 88.0 cm³/mol. The molecule has 0 aliphatic carbocycles. The normalized spacial score (nSPS) is 11.0. The van der Waals surface area contributed by atoms with Gasteiger partial charge < -0.3 is 10.6 Å². The van der Waals surface area contributed by atoms with Crippen LogP contribution in [0, 0.1) is 0 Å². The Bertz CT molecular complexity index is 805. The highest BCUT2D eigenvalue weighted by Crippen LogP contribution is 2.23. The molecule has 0 aliphatic heterocycles. The van der Waals surface area contributed by atoms with Crippen LogP contribution >= 0.6 is 11.3 Å². The molecule has 6 nitrogen and oxygen atoms in total. The molecule has 0 aliphatic rings. The Morgan fingerprint density at radius 1 is 1.36 bits per heavy atom. The third-order valence-electron chi connectivity index (χ3n) is 3.50. The number of nitrogen functional groups attached to an aromatic ring is 1. The van der Waals surface area contributed by atoms with Crippen LogP contribution in [0.2, 0.25) is 0 Å². The number of rotatable bonds is 4. The van der Waals surface area contributed by atoms with E-state index in [4.69, 9.17) is 5.73 Å². The number of aromatic nitrogens is 3. The summed E-state index contributed by atoms with van der Waals surface area (Å²) in [6.45, 7) is 5.23. The maximum atomic E-state index is 12.5. The van der Waals surface area contributed by atoms with Gasteiger partial charge in [-0.2, -0.15) is 4.52 Å². The Morgan fingerprint density at radius 2 is 2.14 bits per heavy atom. The van der Waals surface area contributed by atoms with E-state index in [2.05, 4.69) is 10.1 Å². The zero-order chi connectivity index (χ0) is 15.7. The van der Waals surface area contributed by atoms with Gasteiger partial charge in [-0.1, -0.05) is 6.07 Å². The number of thiophene rings is 1. The van der Waals surface area contributed by atoms with Crippen molar-refractivity contribution < 1.29 is 4.79 Å². The van der Waals surface area contributed by atoms with E-state index in [9.17, 15) is 4.79 Å². The van der Waals surface area contributed by atoms with E-state index in [-0.39, 0.29) is 5.91 Å². The van der Waals surface area contributed by atoms with Crippen LogP contribution in [0.3, 0.4) is 0 Å². The van der Waals surface area contributed by atoms with E-state index < -0.39 is 0 Å². The zero-order valence-corrected chi connectivity index (χ0v) is 13.3. The lowest BCUT2D eigenvalue weighted by Gasteiger charge is -2.18. The molecule has 114 valence electrons. The molecule has 1 amide bonds. The Hall–Kier alpha value is -2.41. The van der Waals surface area contributed by atoms with Gasteiger partial charge in [-0.05, 0) is 37.4 Å². The van der Waals surface area contributed by atoms with Crippen LogP contribution in [-0.4, -0.2) is 38.5 Å². The van der Waals surface area contributed by atoms with Crippen LogP contribution in [-0.2, 0) is 0 Å². The molecule has 22 heavy (non-hydrogen) atoms. The summed E-state index contributed by atoms with van der Waals surface area (Å²) in [5.74, 6) is 0.984. The van der Waals surface area contributed by atoms with E-state index in [0.717, 1.165) is 4.88 Å². The van der Waals surface area contributed by atoms with Gasteiger partial charge in [-0.15, -0.1) is 16.4 Å². The second kappa shape index (κ2) is 5.76. The second-order valence-electron chi connectivity index (χ2n) is 4.83. The Balaban J connectivity index is 2.06. The summed E-state index contributed by atoms with van der Waals surface area (Å²) in [4.78, 5) is 19.7. The Morgan fingerprint density at radius 3 is 2.77 bits per heavy atom. The fourth-order valence-electron chi connectivity index (χ4n) is 2.34. The first-order valence-corrected chi connectivity index (χ1v) is 8.01. The van der Waals surface area contributed by atoms with Gasteiger partial charge in [-0.3, -0.25) is 4.79 Å². The topological polar surface area (TPSA) is 76.5 Å². The largest absolute Gasteiger partial charge is 0.384 e. The molecule has 0 radical (unpaired) electrons. The van der Waals surface area contributed by atoms with Crippen LogP contribution < -0.4 is 5.73 Å². The van der Waals surface area contributed by atoms with Crippen molar-refractivity contribution in [3.63, 3.8) is 0 Å². The van der Waals surface area contributed by atoms with Crippen LogP contribution in [0.4, 0.5) is 5.82 Å². The summed E-state index contributed by atoms with van der Waals surface area (Å²) in [5.41, 5.74) is 7.16. The number of carbonyl (C=O) groups excluding carboxylic acids is 1. The van der Waals surface area contributed by atoms with Crippen molar-refractivity contribution in [2.45, 2.75) is 13.8 Å². The number of hydrogen-bond acceptors (Lipinski definition) is 5. The SMILES string of the molecule is CCN(CC)C(=O)c1cc(N)n2nc(-c3cccs3)nc2c1. The number of nitrogens with zero attached hydrogens (tertiary/aromatic N) is 4. The molecule has 0 bridgehead atoms. The first-order valence-electron chi connectivity index (χ1n) is 7.13. The summed E-state index contributed by atoms with van der Waals surface area (Å²) >= 11 is 1.57. The van der Waals surface area contributed by atoms with Crippen molar-refractivity contribution in [3.8, 4) is 10.7 Å². The maximum Gasteiger partial charge on any atom is 0.254 e. The summed E-state index contributed by atoms with van der Waals surface area (Å²) in [7, 11) is 0.